The summed E-state index contributed by atoms with van der Waals surface area (Å²) in [6, 6.07) is 0. The summed E-state index contributed by atoms with van der Waals surface area (Å²) in [4.78, 5) is 22.9. The molecule has 0 unspecified atom stereocenters. The number of amides is 1. The largest absolute Gasteiger partial charge is 0.481 e. The van der Waals surface area contributed by atoms with Gasteiger partial charge < -0.3 is 10.4 Å². The van der Waals surface area contributed by atoms with E-state index in [-0.39, 0.29) is 18.7 Å². The van der Waals surface area contributed by atoms with Crippen LogP contribution in [0.5, 0.6) is 0 Å². The molecule has 1 heterocycles. The van der Waals surface area contributed by atoms with Crippen molar-refractivity contribution in [2.45, 2.75) is 51.5 Å². The summed E-state index contributed by atoms with van der Waals surface area (Å²) in [5, 5.41) is 18.7. The minimum absolute atomic E-state index is 0.00207. The van der Waals surface area contributed by atoms with Crippen LogP contribution in [0.1, 0.15) is 42.6 Å². The number of aryl methyl sites for hydroxylation is 2. The summed E-state index contributed by atoms with van der Waals surface area (Å²) in [5.41, 5.74) is 2.05. The number of aromatic amines is 1. The van der Waals surface area contributed by atoms with Gasteiger partial charge in [-0.2, -0.15) is 5.10 Å². The van der Waals surface area contributed by atoms with E-state index in [1.54, 1.807) is 0 Å². The van der Waals surface area contributed by atoms with E-state index in [0.29, 0.717) is 0 Å². The third-order valence-electron chi connectivity index (χ3n) is 3.82. The van der Waals surface area contributed by atoms with Crippen LogP contribution < -0.4 is 5.32 Å². The van der Waals surface area contributed by atoms with Crippen molar-refractivity contribution in [2.24, 2.45) is 0 Å². The van der Waals surface area contributed by atoms with Crippen molar-refractivity contribution in [3.8, 4) is 0 Å². The topological polar surface area (TPSA) is 95.1 Å². The first-order chi connectivity index (χ1) is 8.92. The lowest BCUT2D eigenvalue weighted by atomic mass is 9.74. The molecule has 3 N–H and O–H groups in total. The predicted octanol–water partition coefficient (Wildman–Crippen LogP) is 1.08. The Hall–Kier alpha value is -1.85. The molecule has 1 aromatic rings. The summed E-state index contributed by atoms with van der Waals surface area (Å²) < 4.78 is 0. The fourth-order valence-electron chi connectivity index (χ4n) is 2.57. The average molecular weight is 265 g/mol. The lowest BCUT2D eigenvalue weighted by Crippen LogP contribution is -2.55. The van der Waals surface area contributed by atoms with Crippen LogP contribution in [0.4, 0.5) is 0 Å². The Balaban J connectivity index is 1.99. The van der Waals surface area contributed by atoms with Gasteiger partial charge in [0.2, 0.25) is 5.91 Å². The number of H-pyrrole nitrogens is 1. The van der Waals surface area contributed by atoms with Crippen LogP contribution >= 0.6 is 0 Å². The Kier molecular flexibility index (Phi) is 3.59. The van der Waals surface area contributed by atoms with Crippen LogP contribution in [-0.4, -0.2) is 32.7 Å². The molecule has 1 aliphatic carbocycles. The highest BCUT2D eigenvalue weighted by molar-refractivity contribution is 5.81. The lowest BCUT2D eigenvalue weighted by Gasteiger charge is -2.41. The third kappa shape index (κ3) is 2.94. The van der Waals surface area contributed by atoms with Gasteiger partial charge in [-0.1, -0.05) is 0 Å². The minimum Gasteiger partial charge on any atom is -0.481 e. The van der Waals surface area contributed by atoms with Crippen LogP contribution in [0.15, 0.2) is 0 Å². The Morgan fingerprint density at radius 3 is 2.53 bits per heavy atom. The Morgan fingerprint density at radius 2 is 2.11 bits per heavy atom. The smallest absolute Gasteiger partial charge is 0.305 e. The normalized spacial score (nSPS) is 16.7. The molecule has 19 heavy (non-hydrogen) atoms. The first-order valence-corrected chi connectivity index (χ1v) is 6.45. The number of nitrogens with one attached hydrogen (secondary N) is 2. The molecule has 0 spiro atoms. The molecule has 0 radical (unpaired) electrons. The van der Waals surface area contributed by atoms with Gasteiger partial charge in [-0.3, -0.25) is 14.7 Å². The number of hydrogen-bond donors (Lipinski definition) is 3. The highest BCUT2D eigenvalue weighted by atomic mass is 16.4. The van der Waals surface area contributed by atoms with E-state index in [1.165, 1.54) is 0 Å². The monoisotopic (exact) mass is 265 g/mol. The number of carbonyl (C=O) groups is 2. The minimum atomic E-state index is -0.865. The lowest BCUT2D eigenvalue weighted by molar-refractivity contribution is -0.140. The fraction of sp³-hybridized carbons (Fsp3) is 0.615. The first-order valence-electron chi connectivity index (χ1n) is 6.45. The molecule has 0 saturated heterocycles. The molecule has 1 saturated carbocycles. The molecule has 0 aromatic carbocycles. The molecule has 1 aromatic heterocycles. The molecular weight excluding hydrogens is 246 g/mol. The van der Waals surface area contributed by atoms with Crippen LogP contribution in [0.3, 0.4) is 0 Å². The van der Waals surface area contributed by atoms with Gasteiger partial charge in [0, 0.05) is 11.3 Å². The standard InChI is InChI=1S/C13H19N3O3/c1-8-10(9(2)16-15-8)6-11(17)14-13(4-3-5-13)7-12(18)19/h3-7H2,1-2H3,(H,14,17)(H,15,16)(H,18,19). The second kappa shape index (κ2) is 5.03. The molecule has 1 fully saturated rings. The summed E-state index contributed by atoms with van der Waals surface area (Å²) in [6.45, 7) is 3.72. The second-order valence-electron chi connectivity index (χ2n) is 5.34. The van der Waals surface area contributed by atoms with Crippen molar-refractivity contribution in [3.05, 3.63) is 17.0 Å². The number of aromatic nitrogens is 2. The molecule has 0 atom stereocenters. The molecule has 1 amide bonds. The zero-order valence-corrected chi connectivity index (χ0v) is 11.2. The maximum absolute atomic E-state index is 12.1. The third-order valence-corrected chi connectivity index (χ3v) is 3.82. The summed E-state index contributed by atoms with van der Waals surface area (Å²) >= 11 is 0. The zero-order valence-electron chi connectivity index (χ0n) is 11.2. The quantitative estimate of drug-likeness (QED) is 0.742. The van der Waals surface area contributed by atoms with E-state index in [9.17, 15) is 9.59 Å². The van der Waals surface area contributed by atoms with E-state index in [0.717, 1.165) is 36.2 Å². The van der Waals surface area contributed by atoms with Gasteiger partial charge >= 0.3 is 5.97 Å². The van der Waals surface area contributed by atoms with Crippen LogP contribution in [0.2, 0.25) is 0 Å². The van der Waals surface area contributed by atoms with Crippen molar-refractivity contribution in [1.82, 2.24) is 15.5 Å². The van der Waals surface area contributed by atoms with Crippen molar-refractivity contribution in [1.29, 1.82) is 0 Å². The molecule has 6 nitrogen and oxygen atoms in total. The van der Waals surface area contributed by atoms with E-state index in [1.807, 2.05) is 13.8 Å². The fourth-order valence-corrected chi connectivity index (χ4v) is 2.57. The van der Waals surface area contributed by atoms with Crippen LogP contribution in [-0.2, 0) is 16.0 Å². The van der Waals surface area contributed by atoms with E-state index < -0.39 is 11.5 Å². The van der Waals surface area contributed by atoms with Crippen molar-refractivity contribution < 1.29 is 14.7 Å². The maximum Gasteiger partial charge on any atom is 0.305 e. The Bertz CT molecular complexity index is 484. The van der Waals surface area contributed by atoms with Crippen LogP contribution in [0, 0.1) is 13.8 Å². The van der Waals surface area contributed by atoms with Crippen molar-refractivity contribution in [2.75, 3.05) is 0 Å². The van der Waals surface area contributed by atoms with E-state index in [2.05, 4.69) is 15.5 Å². The molecule has 104 valence electrons. The summed E-state index contributed by atoms with van der Waals surface area (Å²) in [6.07, 6.45) is 2.71. The zero-order chi connectivity index (χ0) is 14.0. The summed E-state index contributed by atoms with van der Waals surface area (Å²) in [5.74, 6) is -0.996. The van der Waals surface area contributed by atoms with E-state index >= 15 is 0 Å². The highest BCUT2D eigenvalue weighted by Gasteiger charge is 2.40. The Labute approximate surface area is 111 Å². The number of nitrogens with zero attached hydrogens (tertiary/aromatic N) is 1. The number of aliphatic carboxylic acids is 1. The molecule has 0 bridgehead atoms. The first kappa shape index (κ1) is 13.6. The SMILES string of the molecule is Cc1n[nH]c(C)c1CC(=O)NC1(CC(=O)O)CCC1. The van der Waals surface area contributed by atoms with Gasteiger partial charge in [-0.05, 0) is 33.1 Å². The van der Waals surface area contributed by atoms with Gasteiger partial charge in [-0.15, -0.1) is 0 Å². The van der Waals surface area contributed by atoms with E-state index in [4.69, 9.17) is 5.11 Å². The second-order valence-corrected chi connectivity index (χ2v) is 5.34. The van der Waals surface area contributed by atoms with Gasteiger partial charge in [0.1, 0.15) is 0 Å². The van der Waals surface area contributed by atoms with Crippen molar-refractivity contribution >= 4 is 11.9 Å². The molecule has 2 rings (SSSR count). The Morgan fingerprint density at radius 1 is 1.42 bits per heavy atom. The maximum atomic E-state index is 12.1. The molecule has 1 aliphatic rings. The number of carboxylic acids is 1. The van der Waals surface area contributed by atoms with Gasteiger partial charge in [0.05, 0.1) is 24.1 Å². The number of rotatable bonds is 5. The number of carbonyl (C=O) groups excluding carboxylic acids is 1. The van der Waals surface area contributed by atoms with Crippen molar-refractivity contribution in [3.63, 3.8) is 0 Å². The van der Waals surface area contributed by atoms with Gasteiger partial charge in [0.25, 0.3) is 0 Å². The average Bonchev–Trinajstić information content (AvgIpc) is 2.57. The number of hydrogen-bond acceptors (Lipinski definition) is 3. The molecule has 0 aliphatic heterocycles. The van der Waals surface area contributed by atoms with Crippen LogP contribution in [0.25, 0.3) is 0 Å². The van der Waals surface area contributed by atoms with Gasteiger partial charge in [-0.25, -0.2) is 0 Å². The molecular formula is C13H19N3O3. The van der Waals surface area contributed by atoms with Gasteiger partial charge in [0.15, 0.2) is 0 Å². The summed E-state index contributed by atoms with van der Waals surface area (Å²) in [7, 11) is 0. The predicted molar refractivity (Wildman–Crippen MR) is 68.7 cm³/mol. The molecule has 6 heteroatoms. The number of carboxylic acid groups (broad SMARTS) is 1. The highest BCUT2D eigenvalue weighted by Crippen LogP contribution is 2.35.